The molecule has 1 fully saturated rings. The Kier molecular flexibility index (Phi) is 7.23. The van der Waals surface area contributed by atoms with Crippen LogP contribution in [0.2, 0.25) is 5.15 Å². The fourth-order valence-electron chi connectivity index (χ4n) is 5.33. The van der Waals surface area contributed by atoms with E-state index in [2.05, 4.69) is 21.9 Å². The van der Waals surface area contributed by atoms with Crippen molar-refractivity contribution in [1.29, 1.82) is 0 Å². The number of methoxy groups -OCH3 is 1. The number of hydrogen-bond donors (Lipinski definition) is 2. The Balaban J connectivity index is 1.59. The normalized spacial score (nSPS) is 18.6. The summed E-state index contributed by atoms with van der Waals surface area (Å²) in [4.78, 5) is 28.1. The van der Waals surface area contributed by atoms with Crippen molar-refractivity contribution >= 4 is 29.3 Å². The summed E-state index contributed by atoms with van der Waals surface area (Å²) < 4.78 is 6.66. The number of piperidine rings is 1. The molecule has 0 aromatic carbocycles. The zero-order valence-electron chi connectivity index (χ0n) is 21.1. The molecule has 4 rings (SSSR count). The lowest BCUT2D eigenvalue weighted by atomic mass is 9.98. The Morgan fingerprint density at radius 3 is 2.69 bits per heavy atom. The second-order valence-corrected chi connectivity index (χ2v) is 10.1. The van der Waals surface area contributed by atoms with E-state index in [0.717, 1.165) is 53.1 Å². The quantitative estimate of drug-likeness (QED) is 0.348. The Morgan fingerprint density at radius 2 is 2.03 bits per heavy atom. The van der Waals surface area contributed by atoms with Crippen LogP contribution in [0, 0.1) is 13.8 Å². The second-order valence-electron chi connectivity index (χ2n) is 9.69. The highest BCUT2D eigenvalue weighted by Gasteiger charge is 2.38. The number of pyridine rings is 1. The van der Waals surface area contributed by atoms with Crippen LogP contribution >= 0.6 is 11.6 Å². The van der Waals surface area contributed by atoms with Crippen LogP contribution in [-0.2, 0) is 11.3 Å². The first-order valence-corrected chi connectivity index (χ1v) is 12.3. The minimum atomic E-state index is -0.181. The summed E-state index contributed by atoms with van der Waals surface area (Å²) >= 11 is 6.53. The van der Waals surface area contributed by atoms with Gasteiger partial charge in [0.15, 0.2) is 0 Å². The average Bonchev–Trinajstić information content (AvgIpc) is 3.13. The summed E-state index contributed by atoms with van der Waals surface area (Å²) in [6, 6.07) is 0.241. The fraction of sp³-hybridized carbons (Fsp3) is 0.583. The predicted molar refractivity (Wildman–Crippen MR) is 133 cm³/mol. The van der Waals surface area contributed by atoms with Gasteiger partial charge in [-0.3, -0.25) is 10.0 Å². The van der Waals surface area contributed by atoms with E-state index in [1.165, 1.54) is 0 Å². The van der Waals surface area contributed by atoms with Crippen molar-refractivity contribution in [3.8, 4) is 5.75 Å². The first kappa shape index (κ1) is 25.2. The van der Waals surface area contributed by atoms with E-state index in [1.54, 1.807) is 13.3 Å². The number of halogens is 1. The molecule has 1 unspecified atom stereocenters. The van der Waals surface area contributed by atoms with Gasteiger partial charge in [-0.1, -0.05) is 11.6 Å². The van der Waals surface area contributed by atoms with Crippen molar-refractivity contribution in [3.05, 3.63) is 33.7 Å². The number of aryl methyl sites for hydroxylation is 1. The summed E-state index contributed by atoms with van der Waals surface area (Å²) in [7, 11) is 5.61. The third-order valence-corrected chi connectivity index (χ3v) is 7.65. The van der Waals surface area contributed by atoms with Crippen LogP contribution in [-0.4, -0.2) is 77.8 Å². The summed E-state index contributed by atoms with van der Waals surface area (Å²) in [5.74, 6) is 1.29. The van der Waals surface area contributed by atoms with Crippen LogP contribution in [0.15, 0.2) is 6.20 Å². The van der Waals surface area contributed by atoms with E-state index in [4.69, 9.17) is 22.1 Å². The molecule has 1 amide bonds. The first-order valence-electron chi connectivity index (χ1n) is 11.9. The van der Waals surface area contributed by atoms with Gasteiger partial charge in [0.25, 0.3) is 5.69 Å². The number of nitrogens with zero attached hydrogens (tertiary/aromatic N) is 6. The van der Waals surface area contributed by atoms with Crippen LogP contribution in [0.4, 0.5) is 11.8 Å². The minimum Gasteiger partial charge on any atom is -0.496 e. The van der Waals surface area contributed by atoms with E-state index in [0.29, 0.717) is 31.0 Å². The molecule has 2 aromatic heterocycles. The van der Waals surface area contributed by atoms with Crippen molar-refractivity contribution in [2.45, 2.75) is 51.6 Å². The van der Waals surface area contributed by atoms with Gasteiger partial charge in [-0.15, -0.1) is 0 Å². The monoisotopic (exact) mass is 504 g/mol. The Labute approximate surface area is 211 Å². The minimum absolute atomic E-state index is 0.0734. The summed E-state index contributed by atoms with van der Waals surface area (Å²) in [6.07, 6.45) is 3.86. The van der Waals surface area contributed by atoms with Crippen LogP contribution in [0.25, 0.3) is 0 Å². The van der Waals surface area contributed by atoms with Gasteiger partial charge in [-0.05, 0) is 46.8 Å². The van der Waals surface area contributed by atoms with E-state index >= 15 is 0 Å². The van der Waals surface area contributed by atoms with Gasteiger partial charge in [-0.25, -0.2) is 4.98 Å². The third-order valence-electron chi connectivity index (χ3n) is 7.36. The van der Waals surface area contributed by atoms with Crippen LogP contribution in [0.1, 0.15) is 47.6 Å². The predicted octanol–water partition coefficient (Wildman–Crippen LogP) is 1.91. The van der Waals surface area contributed by atoms with Crippen molar-refractivity contribution in [2.75, 3.05) is 51.5 Å². The molecule has 1 atom stereocenters. The van der Waals surface area contributed by atoms with Gasteiger partial charge in [-0.2, -0.15) is 4.98 Å². The number of aromatic nitrogens is 3. The van der Waals surface area contributed by atoms with Crippen LogP contribution in [0.3, 0.4) is 0 Å². The highest BCUT2D eigenvalue weighted by Crippen LogP contribution is 2.42. The molecule has 190 valence electrons. The third kappa shape index (κ3) is 4.95. The number of ether oxygens (including phenoxy) is 1. The molecule has 35 heavy (non-hydrogen) atoms. The Morgan fingerprint density at radius 1 is 1.34 bits per heavy atom. The lowest BCUT2D eigenvalue weighted by Crippen LogP contribution is -2.45. The molecule has 2 aromatic rings. The SMILES string of the molecule is COc1c(C)c[n+](O)c(CN2CC(CC(=O)N(C)C3CCN(C)CC3)c3c(Cl)nc(N)nc32)c1C. The number of fused-ring (bicyclic) bond motifs is 1. The van der Waals surface area contributed by atoms with Gasteiger partial charge in [0.1, 0.15) is 23.3 Å². The molecule has 11 heteroatoms. The number of amides is 1. The molecule has 10 nitrogen and oxygen atoms in total. The number of carbonyl (C=O) groups excluding carboxylic acids is 1. The van der Waals surface area contributed by atoms with E-state index in [1.807, 2.05) is 30.7 Å². The zero-order valence-corrected chi connectivity index (χ0v) is 21.8. The number of carbonyl (C=O) groups is 1. The molecule has 2 aliphatic rings. The maximum atomic E-state index is 13.3. The number of nitrogens with two attached hydrogens (primary N) is 1. The number of anilines is 2. The second kappa shape index (κ2) is 10.0. The maximum Gasteiger partial charge on any atom is 0.259 e. The maximum absolute atomic E-state index is 13.3. The first-order chi connectivity index (χ1) is 16.6. The highest BCUT2D eigenvalue weighted by molar-refractivity contribution is 6.30. The standard InChI is InChI=1S/C24H35ClN7O3/c1-14-11-32(34)18(15(2)21(14)35-5)13-31-12-16(20-22(25)27-24(26)28-23(20)31)10-19(33)30(4)17-6-8-29(3)9-7-17/h11,16-17,34H,6-10,12-13H2,1-5H3,(H2,26,27,28)/q+1. The molecule has 2 aliphatic heterocycles. The summed E-state index contributed by atoms with van der Waals surface area (Å²) in [6.45, 7) is 6.61. The zero-order chi connectivity index (χ0) is 25.4. The molecule has 0 aliphatic carbocycles. The lowest BCUT2D eigenvalue weighted by Gasteiger charge is -2.35. The molecular weight excluding hydrogens is 470 g/mol. The Bertz CT molecular complexity index is 1120. The smallest absolute Gasteiger partial charge is 0.259 e. The van der Waals surface area contributed by atoms with Gasteiger partial charge in [0, 0.05) is 42.3 Å². The fourth-order valence-corrected chi connectivity index (χ4v) is 5.66. The van der Waals surface area contributed by atoms with Gasteiger partial charge in [0.2, 0.25) is 18.1 Å². The van der Waals surface area contributed by atoms with Gasteiger partial charge < -0.3 is 25.2 Å². The molecule has 0 saturated carbocycles. The van der Waals surface area contributed by atoms with E-state index in [9.17, 15) is 10.0 Å². The molecule has 0 spiro atoms. The molecule has 3 N–H and O–H groups in total. The van der Waals surface area contributed by atoms with Crippen LogP contribution in [0.5, 0.6) is 5.75 Å². The largest absolute Gasteiger partial charge is 0.496 e. The summed E-state index contributed by atoms with van der Waals surface area (Å²) in [5.41, 5.74) is 8.96. The van der Waals surface area contributed by atoms with Crippen molar-refractivity contribution < 1.29 is 19.5 Å². The van der Waals surface area contributed by atoms with Gasteiger partial charge in [0.05, 0.1) is 18.2 Å². The number of hydrogen-bond acceptors (Lipinski definition) is 8. The van der Waals surface area contributed by atoms with Crippen LogP contribution < -0.4 is 20.1 Å². The molecule has 4 heterocycles. The molecule has 1 saturated heterocycles. The van der Waals surface area contributed by atoms with Gasteiger partial charge >= 0.3 is 0 Å². The number of likely N-dealkylation sites (tertiary alicyclic amines) is 1. The molecular formula is C24H35ClN7O3+. The lowest BCUT2D eigenvalue weighted by molar-refractivity contribution is -0.910. The molecule has 0 radical (unpaired) electrons. The van der Waals surface area contributed by atoms with E-state index < -0.39 is 0 Å². The number of rotatable bonds is 6. The topological polar surface area (TPSA) is 112 Å². The summed E-state index contributed by atoms with van der Waals surface area (Å²) in [5, 5.41) is 10.9. The van der Waals surface area contributed by atoms with E-state index in [-0.39, 0.29) is 29.0 Å². The van der Waals surface area contributed by atoms with Crippen molar-refractivity contribution in [2.24, 2.45) is 0 Å². The molecule has 0 bridgehead atoms. The highest BCUT2D eigenvalue weighted by atomic mass is 35.5. The average molecular weight is 505 g/mol. The van der Waals surface area contributed by atoms with Crippen molar-refractivity contribution in [3.63, 3.8) is 0 Å². The van der Waals surface area contributed by atoms with Crippen molar-refractivity contribution in [1.82, 2.24) is 19.8 Å². The number of nitrogen functional groups attached to an aromatic ring is 1. The Hall–Kier alpha value is -2.85.